The largest absolute Gasteiger partial charge is 0.455 e. The maximum atomic E-state index is 12.3. The second kappa shape index (κ2) is 5.19. The molecule has 18 heavy (non-hydrogen) atoms. The lowest BCUT2D eigenvalue weighted by atomic mass is 10.0. The van der Waals surface area contributed by atoms with Gasteiger partial charge in [-0.3, -0.25) is 4.79 Å². The molecule has 0 saturated heterocycles. The number of rotatable bonds is 4. The Morgan fingerprint density at radius 3 is 2.67 bits per heavy atom. The first-order chi connectivity index (χ1) is 8.61. The van der Waals surface area contributed by atoms with Crippen LogP contribution in [0.4, 0.5) is 0 Å². The summed E-state index contributed by atoms with van der Waals surface area (Å²) in [5.74, 6) is 0.925. The minimum Gasteiger partial charge on any atom is -0.455 e. The van der Waals surface area contributed by atoms with E-state index in [-0.39, 0.29) is 5.78 Å². The maximum Gasteiger partial charge on any atom is 0.228 e. The van der Waals surface area contributed by atoms with E-state index in [0.717, 1.165) is 11.1 Å². The van der Waals surface area contributed by atoms with Crippen molar-refractivity contribution >= 4 is 5.78 Å². The van der Waals surface area contributed by atoms with Gasteiger partial charge in [0.15, 0.2) is 5.76 Å². The van der Waals surface area contributed by atoms with Crippen LogP contribution in [0.5, 0.6) is 0 Å². The second-order valence-corrected chi connectivity index (χ2v) is 4.35. The molecule has 2 aromatic rings. The highest BCUT2D eigenvalue weighted by molar-refractivity contribution is 6.08. The molecule has 1 aromatic heterocycles. The summed E-state index contributed by atoms with van der Waals surface area (Å²) in [4.78, 5) is 12.3. The molecule has 0 aliphatic heterocycles. The summed E-state index contributed by atoms with van der Waals surface area (Å²) >= 11 is 0. The van der Waals surface area contributed by atoms with Crippen molar-refractivity contribution in [1.82, 2.24) is 0 Å². The fraction of sp³-hybridized carbons (Fsp3) is 0.267. The third-order valence-corrected chi connectivity index (χ3v) is 2.80. The number of ketones is 1. The molecule has 0 aliphatic carbocycles. The molecule has 1 aromatic carbocycles. The Balaban J connectivity index is 2.29. The van der Waals surface area contributed by atoms with Gasteiger partial charge in [-0.05, 0) is 31.5 Å². The molecule has 0 aliphatic rings. The van der Waals surface area contributed by atoms with Gasteiger partial charge in [0.2, 0.25) is 5.78 Å². The minimum absolute atomic E-state index is 0.0881. The van der Waals surface area contributed by atoms with E-state index in [1.807, 2.05) is 32.0 Å². The zero-order valence-corrected chi connectivity index (χ0v) is 10.8. The van der Waals surface area contributed by atoms with E-state index < -0.39 is 0 Å². The molecule has 0 N–H and O–H groups in total. The standard InChI is InChI=1S/C15H16O3/c1-10-4-6-13(11(2)8-10)15(16)14-7-5-12(18-14)9-17-3/h4-8H,9H2,1-3H3. The number of ether oxygens (including phenoxy) is 1. The average Bonchev–Trinajstić information content (AvgIpc) is 2.77. The van der Waals surface area contributed by atoms with E-state index in [9.17, 15) is 4.79 Å². The van der Waals surface area contributed by atoms with Crippen molar-refractivity contribution in [3.63, 3.8) is 0 Å². The predicted molar refractivity (Wildman–Crippen MR) is 68.8 cm³/mol. The fourth-order valence-corrected chi connectivity index (χ4v) is 1.92. The summed E-state index contributed by atoms with van der Waals surface area (Å²) in [5, 5.41) is 0. The van der Waals surface area contributed by atoms with Gasteiger partial charge in [-0.25, -0.2) is 0 Å². The molecular weight excluding hydrogens is 228 g/mol. The van der Waals surface area contributed by atoms with Crippen LogP contribution in [0.2, 0.25) is 0 Å². The van der Waals surface area contributed by atoms with Gasteiger partial charge in [0, 0.05) is 12.7 Å². The summed E-state index contributed by atoms with van der Waals surface area (Å²) in [6.07, 6.45) is 0. The average molecular weight is 244 g/mol. The first-order valence-corrected chi connectivity index (χ1v) is 5.81. The summed E-state index contributed by atoms with van der Waals surface area (Å²) in [6.45, 7) is 4.31. The molecule has 3 heteroatoms. The van der Waals surface area contributed by atoms with Crippen LogP contribution in [-0.4, -0.2) is 12.9 Å². The maximum absolute atomic E-state index is 12.3. The smallest absolute Gasteiger partial charge is 0.228 e. The van der Waals surface area contributed by atoms with Crippen molar-refractivity contribution in [3.05, 3.63) is 58.5 Å². The Hall–Kier alpha value is -1.87. The number of methoxy groups -OCH3 is 1. The van der Waals surface area contributed by atoms with Crippen LogP contribution in [0.25, 0.3) is 0 Å². The topological polar surface area (TPSA) is 39.4 Å². The van der Waals surface area contributed by atoms with Gasteiger partial charge in [-0.2, -0.15) is 0 Å². The molecule has 0 atom stereocenters. The predicted octanol–water partition coefficient (Wildman–Crippen LogP) is 3.27. The van der Waals surface area contributed by atoms with Gasteiger partial charge in [0.1, 0.15) is 12.4 Å². The molecular formula is C15H16O3. The SMILES string of the molecule is COCc1ccc(C(=O)c2ccc(C)cc2C)o1. The Kier molecular flexibility index (Phi) is 3.63. The number of hydrogen-bond donors (Lipinski definition) is 0. The normalized spacial score (nSPS) is 10.6. The number of furan rings is 1. The Bertz CT molecular complexity index is 567. The number of carbonyl (C=O) groups excluding carboxylic acids is 1. The molecule has 1 heterocycles. The van der Waals surface area contributed by atoms with E-state index in [1.165, 1.54) is 0 Å². The van der Waals surface area contributed by atoms with E-state index in [1.54, 1.807) is 19.2 Å². The van der Waals surface area contributed by atoms with Gasteiger partial charge in [-0.15, -0.1) is 0 Å². The van der Waals surface area contributed by atoms with Crippen molar-refractivity contribution in [1.29, 1.82) is 0 Å². The van der Waals surface area contributed by atoms with Crippen molar-refractivity contribution in [2.75, 3.05) is 7.11 Å². The molecule has 2 rings (SSSR count). The molecule has 0 unspecified atom stereocenters. The van der Waals surface area contributed by atoms with Crippen LogP contribution in [0.15, 0.2) is 34.7 Å². The zero-order valence-electron chi connectivity index (χ0n) is 10.8. The summed E-state index contributed by atoms with van der Waals surface area (Å²) < 4.78 is 10.4. The highest BCUT2D eigenvalue weighted by Crippen LogP contribution is 2.18. The lowest BCUT2D eigenvalue weighted by Crippen LogP contribution is -2.02. The molecule has 0 saturated carbocycles. The number of benzene rings is 1. The van der Waals surface area contributed by atoms with E-state index in [4.69, 9.17) is 9.15 Å². The first kappa shape index (κ1) is 12.6. The Morgan fingerprint density at radius 1 is 1.22 bits per heavy atom. The van der Waals surface area contributed by atoms with Crippen LogP contribution < -0.4 is 0 Å². The minimum atomic E-state index is -0.0881. The molecule has 3 nitrogen and oxygen atoms in total. The highest BCUT2D eigenvalue weighted by atomic mass is 16.5. The molecule has 0 bridgehead atoms. The van der Waals surface area contributed by atoms with Crippen LogP contribution >= 0.6 is 0 Å². The molecule has 0 fully saturated rings. The van der Waals surface area contributed by atoms with E-state index in [2.05, 4.69) is 0 Å². The van der Waals surface area contributed by atoms with Crippen LogP contribution in [0.3, 0.4) is 0 Å². The van der Waals surface area contributed by atoms with Gasteiger partial charge >= 0.3 is 0 Å². The molecule has 94 valence electrons. The third kappa shape index (κ3) is 2.51. The summed E-state index contributed by atoms with van der Waals surface area (Å²) in [7, 11) is 1.59. The quantitative estimate of drug-likeness (QED) is 0.775. The van der Waals surface area contributed by atoms with Gasteiger partial charge < -0.3 is 9.15 Å². The van der Waals surface area contributed by atoms with Gasteiger partial charge in [-0.1, -0.05) is 23.8 Å². The van der Waals surface area contributed by atoms with Crippen LogP contribution in [0.1, 0.15) is 33.0 Å². The lowest BCUT2D eigenvalue weighted by molar-refractivity contribution is 0.0999. The third-order valence-electron chi connectivity index (χ3n) is 2.80. The van der Waals surface area contributed by atoms with E-state index in [0.29, 0.717) is 23.7 Å². The zero-order chi connectivity index (χ0) is 13.1. The fourth-order valence-electron chi connectivity index (χ4n) is 1.92. The molecule has 0 spiro atoms. The summed E-state index contributed by atoms with van der Waals surface area (Å²) in [6, 6.07) is 9.22. The van der Waals surface area contributed by atoms with E-state index >= 15 is 0 Å². The summed E-state index contributed by atoms with van der Waals surface area (Å²) in [5.41, 5.74) is 2.78. The van der Waals surface area contributed by atoms with Gasteiger partial charge in [0.05, 0.1) is 0 Å². The van der Waals surface area contributed by atoms with Crippen molar-refractivity contribution in [2.24, 2.45) is 0 Å². The Labute approximate surface area is 106 Å². The monoisotopic (exact) mass is 244 g/mol. The van der Waals surface area contributed by atoms with Crippen molar-refractivity contribution in [3.8, 4) is 0 Å². The highest BCUT2D eigenvalue weighted by Gasteiger charge is 2.15. The second-order valence-electron chi connectivity index (χ2n) is 4.35. The molecule has 0 radical (unpaired) electrons. The van der Waals surface area contributed by atoms with Crippen molar-refractivity contribution < 1.29 is 13.9 Å². The number of carbonyl (C=O) groups is 1. The Morgan fingerprint density at radius 2 is 2.00 bits per heavy atom. The van der Waals surface area contributed by atoms with Crippen LogP contribution in [0, 0.1) is 13.8 Å². The lowest BCUT2D eigenvalue weighted by Gasteiger charge is -2.04. The first-order valence-electron chi connectivity index (χ1n) is 5.81. The van der Waals surface area contributed by atoms with Gasteiger partial charge in [0.25, 0.3) is 0 Å². The molecule has 0 amide bonds. The van der Waals surface area contributed by atoms with Crippen LogP contribution in [-0.2, 0) is 11.3 Å². The number of hydrogen-bond acceptors (Lipinski definition) is 3. The van der Waals surface area contributed by atoms with Crippen molar-refractivity contribution in [2.45, 2.75) is 20.5 Å². The number of aryl methyl sites for hydroxylation is 2.